The van der Waals surface area contributed by atoms with Crippen molar-refractivity contribution in [1.82, 2.24) is 5.32 Å². The number of benzene rings is 1. The molecule has 0 saturated carbocycles. The standard InChI is InChI=1S/C14H21NO2/c1-11-3-4-14(12(2)9-11)17-7-5-13-10-15-6-8-16-13/h3-4,9,13,15H,5-8,10H2,1-2H3. The van der Waals surface area contributed by atoms with E-state index in [1.807, 2.05) is 6.07 Å². The zero-order chi connectivity index (χ0) is 12.1. The quantitative estimate of drug-likeness (QED) is 0.866. The van der Waals surface area contributed by atoms with Gasteiger partial charge in [0.25, 0.3) is 0 Å². The predicted octanol–water partition coefficient (Wildman–Crippen LogP) is 2.06. The molecule has 0 bridgehead atoms. The molecule has 1 aromatic carbocycles. The van der Waals surface area contributed by atoms with Crippen LogP contribution in [-0.4, -0.2) is 32.4 Å². The number of ether oxygens (including phenoxy) is 2. The summed E-state index contributed by atoms with van der Waals surface area (Å²) in [4.78, 5) is 0. The number of nitrogens with one attached hydrogen (secondary N) is 1. The Morgan fingerprint density at radius 2 is 2.29 bits per heavy atom. The van der Waals surface area contributed by atoms with Gasteiger partial charge in [-0.25, -0.2) is 0 Å². The van der Waals surface area contributed by atoms with Crippen molar-refractivity contribution in [2.24, 2.45) is 0 Å². The van der Waals surface area contributed by atoms with E-state index < -0.39 is 0 Å². The number of hydrogen-bond acceptors (Lipinski definition) is 3. The summed E-state index contributed by atoms with van der Waals surface area (Å²) in [5.41, 5.74) is 2.47. The maximum Gasteiger partial charge on any atom is 0.122 e. The Balaban J connectivity index is 1.77. The van der Waals surface area contributed by atoms with Crippen molar-refractivity contribution in [3.8, 4) is 5.75 Å². The highest BCUT2D eigenvalue weighted by Gasteiger charge is 2.13. The Labute approximate surface area is 103 Å². The third kappa shape index (κ3) is 3.72. The average molecular weight is 235 g/mol. The summed E-state index contributed by atoms with van der Waals surface area (Å²) in [6.07, 6.45) is 1.25. The van der Waals surface area contributed by atoms with Crippen molar-refractivity contribution in [3.05, 3.63) is 29.3 Å². The molecule has 1 aliphatic heterocycles. The van der Waals surface area contributed by atoms with Gasteiger partial charge in [0.15, 0.2) is 0 Å². The zero-order valence-electron chi connectivity index (χ0n) is 10.7. The molecule has 94 valence electrons. The maximum absolute atomic E-state index is 5.79. The lowest BCUT2D eigenvalue weighted by molar-refractivity contribution is 0.0158. The van der Waals surface area contributed by atoms with Crippen LogP contribution in [0.2, 0.25) is 0 Å². The van der Waals surface area contributed by atoms with Crippen molar-refractivity contribution in [1.29, 1.82) is 0 Å². The summed E-state index contributed by atoms with van der Waals surface area (Å²) in [5.74, 6) is 0.986. The van der Waals surface area contributed by atoms with Gasteiger partial charge in [-0.2, -0.15) is 0 Å². The monoisotopic (exact) mass is 235 g/mol. The van der Waals surface area contributed by atoms with E-state index in [0.717, 1.165) is 38.5 Å². The lowest BCUT2D eigenvalue weighted by Gasteiger charge is -2.23. The second-order valence-electron chi connectivity index (χ2n) is 4.60. The SMILES string of the molecule is Cc1ccc(OCCC2CNCCO2)c(C)c1. The van der Waals surface area contributed by atoms with E-state index in [4.69, 9.17) is 9.47 Å². The van der Waals surface area contributed by atoms with E-state index in [1.165, 1.54) is 11.1 Å². The number of hydrogen-bond donors (Lipinski definition) is 1. The lowest BCUT2D eigenvalue weighted by atomic mass is 10.1. The molecule has 0 amide bonds. The number of morpholine rings is 1. The van der Waals surface area contributed by atoms with Gasteiger partial charge in [0.1, 0.15) is 5.75 Å². The van der Waals surface area contributed by atoms with Gasteiger partial charge in [0.2, 0.25) is 0 Å². The fraction of sp³-hybridized carbons (Fsp3) is 0.571. The third-order valence-corrected chi connectivity index (χ3v) is 3.03. The highest BCUT2D eigenvalue weighted by Crippen LogP contribution is 2.19. The van der Waals surface area contributed by atoms with Gasteiger partial charge in [-0.1, -0.05) is 17.7 Å². The second-order valence-corrected chi connectivity index (χ2v) is 4.60. The minimum absolute atomic E-state index is 0.300. The summed E-state index contributed by atoms with van der Waals surface area (Å²) in [5, 5.41) is 3.32. The van der Waals surface area contributed by atoms with Crippen LogP contribution in [-0.2, 0) is 4.74 Å². The average Bonchev–Trinajstić information content (AvgIpc) is 2.33. The van der Waals surface area contributed by atoms with Crippen LogP contribution in [0.25, 0.3) is 0 Å². The normalized spacial score (nSPS) is 20.2. The van der Waals surface area contributed by atoms with Crippen LogP contribution in [0.4, 0.5) is 0 Å². The van der Waals surface area contributed by atoms with E-state index in [-0.39, 0.29) is 0 Å². The molecule has 1 saturated heterocycles. The molecule has 1 unspecified atom stereocenters. The highest BCUT2D eigenvalue weighted by atomic mass is 16.5. The Kier molecular flexibility index (Phi) is 4.40. The summed E-state index contributed by atoms with van der Waals surface area (Å²) in [6, 6.07) is 6.28. The van der Waals surface area contributed by atoms with Crippen LogP contribution in [0.15, 0.2) is 18.2 Å². The largest absolute Gasteiger partial charge is 0.493 e. The smallest absolute Gasteiger partial charge is 0.122 e. The topological polar surface area (TPSA) is 30.5 Å². The fourth-order valence-electron chi connectivity index (χ4n) is 2.07. The Hall–Kier alpha value is -1.06. The highest BCUT2D eigenvalue weighted by molar-refractivity contribution is 5.35. The molecule has 1 aliphatic rings. The molecule has 1 fully saturated rings. The molecular weight excluding hydrogens is 214 g/mol. The molecule has 1 N–H and O–H groups in total. The van der Waals surface area contributed by atoms with E-state index in [2.05, 4.69) is 31.3 Å². The Morgan fingerprint density at radius 3 is 3.00 bits per heavy atom. The molecule has 0 spiro atoms. The van der Waals surface area contributed by atoms with Gasteiger partial charge in [-0.3, -0.25) is 0 Å². The van der Waals surface area contributed by atoms with Crippen molar-refractivity contribution in [3.63, 3.8) is 0 Å². The van der Waals surface area contributed by atoms with Crippen LogP contribution in [0.1, 0.15) is 17.5 Å². The third-order valence-electron chi connectivity index (χ3n) is 3.03. The van der Waals surface area contributed by atoms with Crippen molar-refractivity contribution < 1.29 is 9.47 Å². The summed E-state index contributed by atoms with van der Waals surface area (Å²) in [6.45, 7) is 7.62. The molecule has 0 aliphatic carbocycles. The molecule has 2 rings (SSSR count). The van der Waals surface area contributed by atoms with Crippen molar-refractivity contribution in [2.75, 3.05) is 26.3 Å². The molecule has 0 radical (unpaired) electrons. The Bertz CT molecular complexity index is 359. The molecule has 1 atom stereocenters. The summed E-state index contributed by atoms with van der Waals surface area (Å²) in [7, 11) is 0. The van der Waals surface area contributed by atoms with Crippen LogP contribution in [0.5, 0.6) is 5.75 Å². The van der Waals surface area contributed by atoms with Gasteiger partial charge >= 0.3 is 0 Å². The van der Waals surface area contributed by atoms with E-state index >= 15 is 0 Å². The zero-order valence-corrected chi connectivity index (χ0v) is 10.7. The van der Waals surface area contributed by atoms with E-state index in [9.17, 15) is 0 Å². The molecule has 0 aromatic heterocycles. The minimum atomic E-state index is 0.300. The molecule has 1 heterocycles. The lowest BCUT2D eigenvalue weighted by Crippen LogP contribution is -2.39. The van der Waals surface area contributed by atoms with Crippen LogP contribution in [0.3, 0.4) is 0 Å². The van der Waals surface area contributed by atoms with Gasteiger partial charge in [-0.15, -0.1) is 0 Å². The van der Waals surface area contributed by atoms with Crippen LogP contribution in [0, 0.1) is 13.8 Å². The number of aryl methyl sites for hydroxylation is 2. The van der Waals surface area contributed by atoms with Gasteiger partial charge in [0.05, 0.1) is 19.3 Å². The van der Waals surface area contributed by atoms with Crippen LogP contribution >= 0.6 is 0 Å². The first-order valence-corrected chi connectivity index (χ1v) is 6.28. The molecular formula is C14H21NO2. The predicted molar refractivity (Wildman–Crippen MR) is 68.6 cm³/mol. The first kappa shape index (κ1) is 12.4. The van der Waals surface area contributed by atoms with Crippen molar-refractivity contribution >= 4 is 0 Å². The molecule has 17 heavy (non-hydrogen) atoms. The van der Waals surface area contributed by atoms with E-state index in [0.29, 0.717) is 6.10 Å². The minimum Gasteiger partial charge on any atom is -0.493 e. The van der Waals surface area contributed by atoms with Gasteiger partial charge in [-0.05, 0) is 25.5 Å². The summed E-state index contributed by atoms with van der Waals surface area (Å²) < 4.78 is 11.4. The fourth-order valence-corrected chi connectivity index (χ4v) is 2.07. The van der Waals surface area contributed by atoms with Gasteiger partial charge in [0, 0.05) is 19.5 Å². The molecule has 1 aromatic rings. The maximum atomic E-state index is 5.79. The summed E-state index contributed by atoms with van der Waals surface area (Å²) >= 11 is 0. The van der Waals surface area contributed by atoms with Gasteiger partial charge < -0.3 is 14.8 Å². The van der Waals surface area contributed by atoms with E-state index in [1.54, 1.807) is 0 Å². The number of rotatable bonds is 4. The molecule has 3 nitrogen and oxygen atoms in total. The van der Waals surface area contributed by atoms with Crippen molar-refractivity contribution in [2.45, 2.75) is 26.4 Å². The first-order valence-electron chi connectivity index (χ1n) is 6.28. The second kappa shape index (κ2) is 6.03. The molecule has 3 heteroatoms. The Morgan fingerprint density at radius 1 is 1.41 bits per heavy atom. The van der Waals surface area contributed by atoms with Crippen LogP contribution < -0.4 is 10.1 Å². The first-order chi connectivity index (χ1) is 8.25.